The Morgan fingerprint density at radius 2 is 1.78 bits per heavy atom. The maximum absolute atomic E-state index is 8.55. The second kappa shape index (κ2) is 4.37. The summed E-state index contributed by atoms with van der Waals surface area (Å²) in [6.07, 6.45) is -0.907. The largest absolute Gasteiger partial charge is 0.399 e. The van der Waals surface area contributed by atoms with E-state index in [4.69, 9.17) is 9.84 Å². The van der Waals surface area contributed by atoms with Crippen LogP contribution in [0.5, 0.6) is 0 Å². The molecule has 0 bridgehead atoms. The summed E-state index contributed by atoms with van der Waals surface area (Å²) in [5, 5.41) is 8.55. The zero-order chi connectivity index (χ0) is 6.78. The molecule has 1 atom stereocenters. The van der Waals surface area contributed by atoms with E-state index in [1.165, 1.54) is 0 Å². The molecule has 3 heteroatoms. The van der Waals surface area contributed by atoms with Gasteiger partial charge in [0.15, 0.2) is 0 Å². The first-order valence-corrected chi connectivity index (χ1v) is 2.61. The number of aliphatic hydroxyl groups excluding tert-OH is 1. The van der Waals surface area contributed by atoms with E-state index in [0.29, 0.717) is 0 Å². The van der Waals surface area contributed by atoms with Crippen LogP contribution in [-0.4, -0.2) is 17.0 Å². The summed E-state index contributed by atoms with van der Waals surface area (Å²) in [6, 6.07) is 0. The van der Waals surface area contributed by atoms with E-state index in [0.717, 1.165) is 0 Å². The number of aliphatic hydroxyl groups is 1. The molecule has 0 rings (SSSR count). The Morgan fingerprint density at radius 3 is 1.78 bits per heavy atom. The molecule has 0 heterocycles. The molecule has 0 aromatic carbocycles. The Bertz CT molecular complexity index is 65.9. The van der Waals surface area contributed by atoms with Crippen LogP contribution in [0.3, 0.4) is 0 Å². The van der Waals surface area contributed by atoms with Gasteiger partial charge in [0.05, 0.1) is 5.60 Å². The van der Waals surface area contributed by atoms with Crippen LogP contribution >= 0.6 is 0 Å². The van der Waals surface area contributed by atoms with Gasteiger partial charge >= 0.3 is 0 Å². The smallest absolute Gasteiger partial charge is 0.0596 e. The van der Waals surface area contributed by atoms with Crippen molar-refractivity contribution in [3.05, 3.63) is 6.92 Å². The zero-order valence-electron chi connectivity index (χ0n) is 6.35. The molecule has 0 saturated carbocycles. The molecular weight excluding hydrogens is 169 g/mol. The first-order valence-electron chi connectivity index (χ1n) is 2.61. The van der Waals surface area contributed by atoms with Crippen molar-refractivity contribution in [1.29, 1.82) is 0 Å². The number of hydrogen-bond acceptors (Lipinski definition) is 2. The van der Waals surface area contributed by atoms with Crippen LogP contribution in [0, 0.1) is 6.92 Å². The molecule has 0 fully saturated rings. The molecule has 0 spiro atoms. The third-order valence-electron chi connectivity index (χ3n) is 0.490. The molecule has 52 valence electrons. The van der Waals surface area contributed by atoms with Gasteiger partial charge < -0.3 is 9.84 Å². The van der Waals surface area contributed by atoms with E-state index in [2.05, 4.69) is 6.92 Å². The molecule has 0 aromatic rings. The van der Waals surface area contributed by atoms with Gasteiger partial charge in [-0.1, -0.05) is 0 Å². The van der Waals surface area contributed by atoms with Crippen molar-refractivity contribution in [2.45, 2.75) is 32.7 Å². The molecule has 0 aromatic heterocycles. The van der Waals surface area contributed by atoms with Crippen molar-refractivity contribution >= 4 is 0 Å². The fraction of sp³-hybridized carbons (Fsp3) is 0.833. The van der Waals surface area contributed by atoms with Gasteiger partial charge in [0, 0.05) is 25.8 Å². The standard InChI is InChI=1S/C6H13O2.Zn/c1-5(7)8-6(2,3)4;/h5,7H,1H2,2-4H3;/q-1;. The summed E-state index contributed by atoms with van der Waals surface area (Å²) < 4.78 is 4.88. The molecule has 0 aliphatic carbocycles. The second-order valence-corrected chi connectivity index (χ2v) is 2.68. The fourth-order valence-electron chi connectivity index (χ4n) is 0.408. The van der Waals surface area contributed by atoms with Crippen LogP contribution in [0.2, 0.25) is 0 Å². The van der Waals surface area contributed by atoms with E-state index in [1.54, 1.807) is 0 Å². The normalized spacial score (nSPS) is 14.3. The van der Waals surface area contributed by atoms with Crippen LogP contribution in [0.1, 0.15) is 20.8 Å². The molecule has 0 aliphatic heterocycles. The van der Waals surface area contributed by atoms with Crippen LogP contribution in [0.15, 0.2) is 0 Å². The molecular formula is C6H13O2Zn-. The predicted octanol–water partition coefficient (Wildman–Crippen LogP) is 0.951. The van der Waals surface area contributed by atoms with Gasteiger partial charge in [-0.25, -0.2) is 0 Å². The Labute approximate surface area is 69.4 Å². The summed E-state index contributed by atoms with van der Waals surface area (Å²) in [7, 11) is 0. The van der Waals surface area contributed by atoms with Gasteiger partial charge in [0.2, 0.25) is 0 Å². The van der Waals surface area contributed by atoms with E-state index < -0.39 is 6.29 Å². The SMILES string of the molecule is [CH2-]C(O)OC(C)(C)C.[Zn]. The van der Waals surface area contributed by atoms with E-state index in [1.807, 2.05) is 20.8 Å². The number of ether oxygens (including phenoxy) is 1. The Kier molecular flexibility index (Phi) is 5.95. The Balaban J connectivity index is 0. The Hall–Kier alpha value is 0.543. The van der Waals surface area contributed by atoms with Gasteiger partial charge in [0.25, 0.3) is 0 Å². The number of rotatable bonds is 1. The van der Waals surface area contributed by atoms with Gasteiger partial charge in [-0.3, -0.25) is 6.92 Å². The summed E-state index contributed by atoms with van der Waals surface area (Å²) in [4.78, 5) is 0. The monoisotopic (exact) mass is 181 g/mol. The van der Waals surface area contributed by atoms with E-state index in [9.17, 15) is 0 Å². The van der Waals surface area contributed by atoms with Crippen molar-refractivity contribution in [2.75, 3.05) is 0 Å². The molecule has 2 nitrogen and oxygen atoms in total. The molecule has 0 amide bonds. The van der Waals surface area contributed by atoms with Crippen molar-refractivity contribution in [2.24, 2.45) is 0 Å². The van der Waals surface area contributed by atoms with Crippen LogP contribution in [0.4, 0.5) is 0 Å². The van der Waals surface area contributed by atoms with E-state index in [-0.39, 0.29) is 25.1 Å². The molecule has 1 unspecified atom stereocenters. The Morgan fingerprint density at radius 1 is 1.44 bits per heavy atom. The molecule has 9 heavy (non-hydrogen) atoms. The minimum absolute atomic E-state index is 0. The van der Waals surface area contributed by atoms with Crippen molar-refractivity contribution in [3.8, 4) is 0 Å². The van der Waals surface area contributed by atoms with Crippen molar-refractivity contribution in [1.82, 2.24) is 0 Å². The summed E-state index contributed by atoms with van der Waals surface area (Å²) in [6.45, 7) is 8.84. The summed E-state index contributed by atoms with van der Waals surface area (Å²) >= 11 is 0. The van der Waals surface area contributed by atoms with Crippen LogP contribution < -0.4 is 0 Å². The first-order chi connectivity index (χ1) is 3.42. The molecule has 0 radical (unpaired) electrons. The fourth-order valence-corrected chi connectivity index (χ4v) is 0.408. The quantitative estimate of drug-likeness (QED) is 0.372. The molecule has 0 aliphatic rings. The average Bonchev–Trinajstić information content (AvgIpc) is 1.21. The topological polar surface area (TPSA) is 29.5 Å². The van der Waals surface area contributed by atoms with Gasteiger partial charge in [-0.15, -0.1) is 0 Å². The minimum atomic E-state index is -0.907. The minimum Gasteiger partial charge on any atom is -0.399 e. The molecule has 1 N–H and O–H groups in total. The van der Waals surface area contributed by atoms with Crippen molar-refractivity contribution < 1.29 is 29.3 Å². The van der Waals surface area contributed by atoms with E-state index >= 15 is 0 Å². The van der Waals surface area contributed by atoms with Gasteiger partial charge in [-0.2, -0.15) is 0 Å². The predicted molar refractivity (Wildman–Crippen MR) is 32.2 cm³/mol. The summed E-state index contributed by atoms with van der Waals surface area (Å²) in [5.74, 6) is 0. The molecule has 0 saturated heterocycles. The maximum Gasteiger partial charge on any atom is 0.0596 e. The summed E-state index contributed by atoms with van der Waals surface area (Å²) in [5.41, 5.74) is -0.291. The zero-order valence-corrected chi connectivity index (χ0v) is 9.31. The van der Waals surface area contributed by atoms with Crippen LogP contribution in [0.25, 0.3) is 0 Å². The van der Waals surface area contributed by atoms with Gasteiger partial charge in [0.1, 0.15) is 0 Å². The van der Waals surface area contributed by atoms with Crippen LogP contribution in [-0.2, 0) is 24.2 Å². The second-order valence-electron chi connectivity index (χ2n) is 2.68. The average molecular weight is 183 g/mol. The third-order valence-corrected chi connectivity index (χ3v) is 0.490. The number of hydrogen-bond donors (Lipinski definition) is 1. The van der Waals surface area contributed by atoms with Crippen molar-refractivity contribution in [3.63, 3.8) is 0 Å². The van der Waals surface area contributed by atoms with Gasteiger partial charge in [-0.05, 0) is 20.8 Å². The maximum atomic E-state index is 8.55. The first kappa shape index (κ1) is 12.2. The third kappa shape index (κ3) is 11.9.